The van der Waals surface area contributed by atoms with Gasteiger partial charge in [0.05, 0.1) is 0 Å². The molecule has 0 bridgehead atoms. The Kier molecular flexibility index (Phi) is 3.79. The summed E-state index contributed by atoms with van der Waals surface area (Å²) in [5.74, 6) is 0.552. The summed E-state index contributed by atoms with van der Waals surface area (Å²) in [4.78, 5) is 11.6. The molecule has 0 saturated carbocycles. The zero-order chi connectivity index (χ0) is 9.84. The molecule has 0 aliphatic heterocycles. The van der Waals surface area contributed by atoms with Crippen molar-refractivity contribution >= 4 is 18.9 Å². The molecule has 0 aromatic rings. The number of thiol groups is 1. The van der Waals surface area contributed by atoms with Gasteiger partial charge in [-0.05, 0) is 25.2 Å². The van der Waals surface area contributed by atoms with Crippen LogP contribution in [0.5, 0.6) is 0 Å². The highest BCUT2D eigenvalue weighted by Gasteiger charge is 2.16. The Hall–Kier alpha value is -0.500. The van der Waals surface area contributed by atoms with E-state index in [1.807, 2.05) is 6.08 Å². The smallest absolute Gasteiger partial charge is 0.150 e. The highest BCUT2D eigenvalue weighted by Crippen LogP contribution is 2.32. The van der Waals surface area contributed by atoms with Crippen molar-refractivity contribution in [3.8, 4) is 0 Å². The molecule has 1 aliphatic rings. The van der Waals surface area contributed by atoms with Crippen LogP contribution in [0.2, 0.25) is 0 Å². The van der Waals surface area contributed by atoms with Crippen LogP contribution in [-0.4, -0.2) is 6.29 Å². The van der Waals surface area contributed by atoms with Crippen LogP contribution < -0.4 is 0 Å². The Morgan fingerprint density at radius 1 is 1.69 bits per heavy atom. The van der Waals surface area contributed by atoms with E-state index in [0.29, 0.717) is 5.92 Å². The second-order valence-electron chi connectivity index (χ2n) is 3.50. The van der Waals surface area contributed by atoms with Crippen molar-refractivity contribution in [1.29, 1.82) is 0 Å². The van der Waals surface area contributed by atoms with Crippen molar-refractivity contribution in [2.75, 3.05) is 0 Å². The number of hydrogen-bond acceptors (Lipinski definition) is 2. The average Bonchev–Trinajstić information content (AvgIpc) is 2.17. The van der Waals surface area contributed by atoms with E-state index in [-0.39, 0.29) is 0 Å². The van der Waals surface area contributed by atoms with Gasteiger partial charge < -0.3 is 0 Å². The molecular weight excluding hydrogens is 180 g/mol. The third kappa shape index (κ3) is 2.25. The number of allylic oxidation sites excluding steroid dienone is 3. The third-order valence-corrected chi connectivity index (χ3v) is 3.24. The fraction of sp³-hybridized carbons (Fsp3) is 0.545. The molecule has 0 aromatic carbocycles. The summed E-state index contributed by atoms with van der Waals surface area (Å²) in [5, 5.41) is 0. The molecule has 0 radical (unpaired) electrons. The molecule has 1 aliphatic carbocycles. The molecule has 1 nitrogen and oxygen atoms in total. The largest absolute Gasteiger partial charge is 0.298 e. The van der Waals surface area contributed by atoms with E-state index in [9.17, 15) is 4.79 Å². The normalized spacial score (nSPS) is 19.8. The first kappa shape index (κ1) is 10.6. The maximum Gasteiger partial charge on any atom is 0.150 e. The molecular formula is C11H16OS. The maximum atomic E-state index is 10.7. The summed E-state index contributed by atoms with van der Waals surface area (Å²) in [7, 11) is 0. The zero-order valence-corrected chi connectivity index (χ0v) is 9.10. The predicted molar refractivity (Wildman–Crippen MR) is 58.8 cm³/mol. The monoisotopic (exact) mass is 196 g/mol. The Morgan fingerprint density at radius 3 is 2.92 bits per heavy atom. The second-order valence-corrected chi connectivity index (χ2v) is 3.95. The summed E-state index contributed by atoms with van der Waals surface area (Å²) in [6.45, 7) is 4.36. The lowest BCUT2D eigenvalue weighted by atomic mass is 9.89. The average molecular weight is 196 g/mol. The Morgan fingerprint density at radius 2 is 2.38 bits per heavy atom. The molecule has 1 unspecified atom stereocenters. The fourth-order valence-corrected chi connectivity index (χ4v) is 2.09. The van der Waals surface area contributed by atoms with E-state index in [1.54, 1.807) is 0 Å². The van der Waals surface area contributed by atoms with Gasteiger partial charge >= 0.3 is 0 Å². The highest BCUT2D eigenvalue weighted by atomic mass is 32.1. The zero-order valence-electron chi connectivity index (χ0n) is 8.21. The summed E-state index contributed by atoms with van der Waals surface area (Å²) in [6, 6.07) is 0. The first-order valence-electron chi connectivity index (χ1n) is 4.78. The van der Waals surface area contributed by atoms with Crippen LogP contribution in [0.3, 0.4) is 0 Å². The Bertz CT molecular complexity index is 263. The first-order chi connectivity index (χ1) is 6.20. The van der Waals surface area contributed by atoms with E-state index >= 15 is 0 Å². The number of carbonyl (C=O) groups excluding carboxylic acids is 1. The van der Waals surface area contributed by atoms with E-state index in [1.165, 1.54) is 5.57 Å². The summed E-state index contributed by atoms with van der Waals surface area (Å²) < 4.78 is 0. The second kappa shape index (κ2) is 4.66. The molecule has 0 saturated heterocycles. The van der Waals surface area contributed by atoms with Crippen molar-refractivity contribution in [1.82, 2.24) is 0 Å². The molecule has 0 spiro atoms. The highest BCUT2D eigenvalue weighted by molar-refractivity contribution is 7.84. The topological polar surface area (TPSA) is 17.1 Å². The van der Waals surface area contributed by atoms with Gasteiger partial charge in [0, 0.05) is 10.5 Å². The first-order valence-corrected chi connectivity index (χ1v) is 5.23. The van der Waals surface area contributed by atoms with Gasteiger partial charge in [0.25, 0.3) is 0 Å². The van der Waals surface area contributed by atoms with Crippen molar-refractivity contribution in [2.45, 2.75) is 33.1 Å². The summed E-state index contributed by atoms with van der Waals surface area (Å²) in [5.41, 5.74) is 2.11. The van der Waals surface area contributed by atoms with Gasteiger partial charge in [-0.15, -0.1) is 12.6 Å². The number of hydrogen-bond donors (Lipinski definition) is 1. The van der Waals surface area contributed by atoms with Crippen LogP contribution in [0, 0.1) is 5.92 Å². The maximum absolute atomic E-state index is 10.7. The predicted octanol–water partition coefficient (Wildman–Crippen LogP) is 3.14. The van der Waals surface area contributed by atoms with E-state index in [2.05, 4.69) is 26.5 Å². The minimum Gasteiger partial charge on any atom is -0.298 e. The van der Waals surface area contributed by atoms with E-state index in [4.69, 9.17) is 0 Å². The number of rotatable bonds is 3. The standard InChI is InChI=1S/C11H16OS/c1-3-8(2)10-6-4-5-9(7-12)11(10)13/h5,7-8,13H,3-4,6H2,1-2H3. The van der Waals surface area contributed by atoms with Crippen LogP contribution in [-0.2, 0) is 4.79 Å². The van der Waals surface area contributed by atoms with Gasteiger partial charge in [0.1, 0.15) is 0 Å². The van der Waals surface area contributed by atoms with Gasteiger partial charge in [-0.2, -0.15) is 0 Å². The van der Waals surface area contributed by atoms with Crippen LogP contribution in [0.15, 0.2) is 22.1 Å². The fourth-order valence-electron chi connectivity index (χ4n) is 1.61. The van der Waals surface area contributed by atoms with Crippen LogP contribution >= 0.6 is 12.6 Å². The number of carbonyl (C=O) groups is 1. The lowest BCUT2D eigenvalue weighted by molar-refractivity contribution is -0.104. The minimum atomic E-state index is 0.552. The molecule has 13 heavy (non-hydrogen) atoms. The molecule has 72 valence electrons. The SMILES string of the molecule is CCC(C)C1=C(S)C(C=O)=CCC1. The van der Waals surface area contributed by atoms with Crippen molar-refractivity contribution < 1.29 is 4.79 Å². The third-order valence-electron chi connectivity index (χ3n) is 2.69. The van der Waals surface area contributed by atoms with Crippen LogP contribution in [0.1, 0.15) is 33.1 Å². The minimum absolute atomic E-state index is 0.552. The Labute approximate surface area is 85.3 Å². The quantitative estimate of drug-likeness (QED) is 0.542. The molecule has 1 rings (SSSR count). The van der Waals surface area contributed by atoms with E-state index < -0.39 is 0 Å². The molecule has 0 fully saturated rings. The van der Waals surface area contributed by atoms with Crippen molar-refractivity contribution in [3.05, 3.63) is 22.1 Å². The lowest BCUT2D eigenvalue weighted by Crippen LogP contribution is -2.05. The van der Waals surface area contributed by atoms with Gasteiger partial charge in [-0.25, -0.2) is 0 Å². The van der Waals surface area contributed by atoms with Gasteiger partial charge in [0.15, 0.2) is 6.29 Å². The molecule has 0 aromatic heterocycles. The van der Waals surface area contributed by atoms with Crippen molar-refractivity contribution in [3.63, 3.8) is 0 Å². The summed E-state index contributed by atoms with van der Waals surface area (Å²) in [6.07, 6.45) is 6.04. The van der Waals surface area contributed by atoms with Crippen LogP contribution in [0.25, 0.3) is 0 Å². The van der Waals surface area contributed by atoms with Gasteiger partial charge in [-0.1, -0.05) is 25.5 Å². The lowest BCUT2D eigenvalue weighted by Gasteiger charge is -2.20. The molecule has 1 atom stereocenters. The van der Waals surface area contributed by atoms with Crippen molar-refractivity contribution in [2.24, 2.45) is 5.92 Å². The number of aldehydes is 1. The van der Waals surface area contributed by atoms with Crippen LogP contribution in [0.4, 0.5) is 0 Å². The summed E-state index contributed by atoms with van der Waals surface area (Å²) >= 11 is 4.40. The molecule has 0 N–H and O–H groups in total. The Balaban J connectivity index is 2.94. The molecule has 2 heteroatoms. The van der Waals surface area contributed by atoms with Gasteiger partial charge in [0.2, 0.25) is 0 Å². The van der Waals surface area contributed by atoms with Gasteiger partial charge in [-0.3, -0.25) is 4.79 Å². The van der Waals surface area contributed by atoms with E-state index in [0.717, 1.165) is 36.0 Å². The molecule has 0 heterocycles. The molecule has 0 amide bonds.